The summed E-state index contributed by atoms with van der Waals surface area (Å²) in [5.41, 5.74) is 1.08. The summed E-state index contributed by atoms with van der Waals surface area (Å²) in [6, 6.07) is 5.04. The first-order chi connectivity index (χ1) is 9.85. The number of halogens is 2. The van der Waals surface area contributed by atoms with E-state index in [-0.39, 0.29) is 22.3 Å². The normalized spacial score (nSPS) is 13.0. The summed E-state index contributed by atoms with van der Waals surface area (Å²) >= 11 is 5.74. The van der Waals surface area contributed by atoms with Crippen molar-refractivity contribution in [3.05, 3.63) is 53.2 Å². The van der Waals surface area contributed by atoms with Crippen LogP contribution in [0.2, 0.25) is 5.02 Å². The molecule has 2 rings (SSSR count). The van der Waals surface area contributed by atoms with Crippen molar-refractivity contribution >= 4 is 17.4 Å². The van der Waals surface area contributed by atoms with Crippen molar-refractivity contribution in [3.63, 3.8) is 0 Å². The van der Waals surface area contributed by atoms with Crippen LogP contribution < -0.4 is 5.32 Å². The summed E-state index contributed by atoms with van der Waals surface area (Å²) in [5.74, 6) is -0.247. The van der Waals surface area contributed by atoms with Gasteiger partial charge in [0.25, 0.3) is 0 Å². The lowest BCUT2D eigenvalue weighted by Gasteiger charge is -2.27. The third-order valence-electron chi connectivity index (χ3n) is 3.02. The number of aromatic nitrogens is 2. The summed E-state index contributed by atoms with van der Waals surface area (Å²) in [6.07, 6.45) is 5.77. The first-order valence-electron chi connectivity index (χ1n) is 6.83. The Morgan fingerprint density at radius 2 is 2.10 bits per heavy atom. The molecule has 0 bridgehead atoms. The average Bonchev–Trinajstić information content (AvgIpc) is 2.40. The van der Waals surface area contributed by atoms with E-state index in [1.807, 2.05) is 12.1 Å². The topological polar surface area (TPSA) is 37.8 Å². The van der Waals surface area contributed by atoms with Gasteiger partial charge in [0.1, 0.15) is 0 Å². The molecule has 2 aromatic rings. The first-order valence-corrected chi connectivity index (χ1v) is 7.20. The maximum Gasteiger partial charge on any atom is 0.166 e. The summed E-state index contributed by atoms with van der Waals surface area (Å²) in [4.78, 5) is 8.17. The van der Waals surface area contributed by atoms with Gasteiger partial charge >= 0.3 is 0 Å². The van der Waals surface area contributed by atoms with Gasteiger partial charge in [0, 0.05) is 18.6 Å². The average molecular weight is 308 g/mol. The lowest BCUT2D eigenvalue weighted by molar-refractivity contribution is 0.351. The summed E-state index contributed by atoms with van der Waals surface area (Å²) in [7, 11) is 0. The van der Waals surface area contributed by atoms with E-state index < -0.39 is 5.82 Å². The minimum atomic E-state index is -0.453. The molecule has 0 aliphatic heterocycles. The SMILES string of the molecule is CC(C)(C)CC(Nc1ncc(Cl)cc1F)c1cccnc1. The van der Waals surface area contributed by atoms with E-state index in [9.17, 15) is 4.39 Å². The number of nitrogens with one attached hydrogen (secondary N) is 1. The van der Waals surface area contributed by atoms with Gasteiger partial charge in [0.2, 0.25) is 0 Å². The van der Waals surface area contributed by atoms with Crippen molar-refractivity contribution < 1.29 is 4.39 Å². The Balaban J connectivity index is 2.28. The Kier molecular flexibility index (Phi) is 4.78. The molecule has 1 atom stereocenters. The van der Waals surface area contributed by atoms with Gasteiger partial charge in [-0.3, -0.25) is 4.98 Å². The molecule has 0 amide bonds. The molecule has 21 heavy (non-hydrogen) atoms. The van der Waals surface area contributed by atoms with E-state index >= 15 is 0 Å². The van der Waals surface area contributed by atoms with E-state index in [4.69, 9.17) is 11.6 Å². The molecule has 0 aliphatic carbocycles. The molecule has 0 saturated carbocycles. The van der Waals surface area contributed by atoms with E-state index in [1.54, 1.807) is 12.4 Å². The lowest BCUT2D eigenvalue weighted by Crippen LogP contribution is -2.20. The highest BCUT2D eigenvalue weighted by molar-refractivity contribution is 6.30. The van der Waals surface area contributed by atoms with Crippen LogP contribution >= 0.6 is 11.6 Å². The monoisotopic (exact) mass is 307 g/mol. The zero-order valence-electron chi connectivity index (χ0n) is 12.4. The van der Waals surface area contributed by atoms with Crippen LogP contribution in [0.4, 0.5) is 10.2 Å². The van der Waals surface area contributed by atoms with Crippen LogP contribution in [0.25, 0.3) is 0 Å². The Hall–Kier alpha value is -1.68. The largest absolute Gasteiger partial charge is 0.361 e. The van der Waals surface area contributed by atoms with Crippen LogP contribution in [-0.4, -0.2) is 9.97 Å². The van der Waals surface area contributed by atoms with Crippen molar-refractivity contribution in [1.82, 2.24) is 9.97 Å². The second-order valence-electron chi connectivity index (χ2n) is 6.23. The zero-order chi connectivity index (χ0) is 15.5. The first kappa shape index (κ1) is 15.7. The van der Waals surface area contributed by atoms with Crippen LogP contribution in [0.1, 0.15) is 38.8 Å². The molecule has 112 valence electrons. The fraction of sp³-hybridized carbons (Fsp3) is 0.375. The van der Waals surface area contributed by atoms with E-state index in [1.165, 1.54) is 12.3 Å². The van der Waals surface area contributed by atoms with Crippen molar-refractivity contribution in [3.8, 4) is 0 Å². The minimum Gasteiger partial charge on any atom is -0.361 e. The van der Waals surface area contributed by atoms with Gasteiger partial charge in [-0.2, -0.15) is 0 Å². The molecule has 0 aliphatic rings. The molecule has 0 fully saturated rings. The Morgan fingerprint density at radius 3 is 2.67 bits per heavy atom. The lowest BCUT2D eigenvalue weighted by atomic mass is 9.86. The number of hydrogen-bond acceptors (Lipinski definition) is 3. The molecule has 1 unspecified atom stereocenters. The number of anilines is 1. The maximum atomic E-state index is 13.9. The molecule has 0 radical (unpaired) electrons. The molecule has 2 aromatic heterocycles. The maximum absolute atomic E-state index is 13.9. The van der Waals surface area contributed by atoms with Crippen LogP contribution in [0.15, 0.2) is 36.8 Å². The molecule has 0 saturated heterocycles. The third-order valence-corrected chi connectivity index (χ3v) is 3.23. The fourth-order valence-electron chi connectivity index (χ4n) is 2.13. The Labute approximate surface area is 129 Å². The quantitative estimate of drug-likeness (QED) is 0.876. The smallest absolute Gasteiger partial charge is 0.166 e. The molecular weight excluding hydrogens is 289 g/mol. The summed E-state index contributed by atoms with van der Waals surface area (Å²) in [6.45, 7) is 6.43. The van der Waals surface area contributed by atoms with Gasteiger partial charge in [-0.05, 0) is 29.5 Å². The third kappa shape index (κ3) is 4.67. The van der Waals surface area contributed by atoms with Gasteiger partial charge in [0.05, 0.1) is 11.1 Å². The highest BCUT2D eigenvalue weighted by Gasteiger charge is 2.22. The molecule has 2 heterocycles. The highest BCUT2D eigenvalue weighted by atomic mass is 35.5. The minimum absolute atomic E-state index is 0.0677. The number of nitrogens with zero attached hydrogens (tertiary/aromatic N) is 2. The molecular formula is C16H19ClFN3. The van der Waals surface area contributed by atoms with Crippen LogP contribution in [0.3, 0.4) is 0 Å². The molecule has 0 spiro atoms. The van der Waals surface area contributed by atoms with Gasteiger partial charge in [-0.15, -0.1) is 0 Å². The summed E-state index contributed by atoms with van der Waals surface area (Å²) in [5, 5.41) is 3.45. The highest BCUT2D eigenvalue weighted by Crippen LogP contribution is 2.32. The van der Waals surface area contributed by atoms with Crippen molar-refractivity contribution in [1.29, 1.82) is 0 Å². The standard InChI is InChI=1S/C16H19ClFN3/c1-16(2,3)8-14(11-5-4-6-19-9-11)21-15-13(18)7-12(17)10-20-15/h4-7,9-10,14H,8H2,1-3H3,(H,20,21). The van der Waals surface area contributed by atoms with Gasteiger partial charge < -0.3 is 5.32 Å². The second kappa shape index (κ2) is 6.39. The zero-order valence-corrected chi connectivity index (χ0v) is 13.2. The van der Waals surface area contributed by atoms with E-state index in [2.05, 4.69) is 36.1 Å². The molecule has 1 N–H and O–H groups in total. The van der Waals surface area contributed by atoms with Crippen molar-refractivity contribution in [2.75, 3.05) is 5.32 Å². The van der Waals surface area contributed by atoms with Crippen LogP contribution in [0.5, 0.6) is 0 Å². The Bertz CT molecular complexity index is 596. The number of rotatable bonds is 4. The van der Waals surface area contributed by atoms with Crippen LogP contribution in [-0.2, 0) is 0 Å². The van der Waals surface area contributed by atoms with E-state index in [0.29, 0.717) is 0 Å². The predicted octanol–water partition coefficient (Wildman–Crippen LogP) is 4.86. The van der Waals surface area contributed by atoms with Crippen molar-refractivity contribution in [2.45, 2.75) is 33.2 Å². The second-order valence-corrected chi connectivity index (χ2v) is 6.67. The number of hydrogen-bond donors (Lipinski definition) is 1. The molecule has 3 nitrogen and oxygen atoms in total. The van der Waals surface area contributed by atoms with Gasteiger partial charge in [-0.25, -0.2) is 9.37 Å². The summed E-state index contributed by atoms with van der Waals surface area (Å²) < 4.78 is 13.9. The fourth-order valence-corrected chi connectivity index (χ4v) is 2.28. The van der Waals surface area contributed by atoms with Crippen LogP contribution in [0, 0.1) is 11.2 Å². The molecule has 5 heteroatoms. The van der Waals surface area contributed by atoms with Crippen molar-refractivity contribution in [2.24, 2.45) is 5.41 Å². The van der Waals surface area contributed by atoms with E-state index in [0.717, 1.165) is 12.0 Å². The Morgan fingerprint density at radius 1 is 1.33 bits per heavy atom. The predicted molar refractivity (Wildman–Crippen MR) is 83.9 cm³/mol. The van der Waals surface area contributed by atoms with Gasteiger partial charge in [0.15, 0.2) is 11.6 Å². The molecule has 0 aromatic carbocycles. The number of pyridine rings is 2. The van der Waals surface area contributed by atoms with Gasteiger partial charge in [-0.1, -0.05) is 38.4 Å².